The highest BCUT2D eigenvalue weighted by atomic mass is 35.5. The monoisotopic (exact) mass is 401 g/mol. The highest BCUT2D eigenvalue weighted by Gasteiger charge is 2.20. The Kier molecular flexibility index (Phi) is 5.02. The van der Waals surface area contributed by atoms with Crippen LogP contribution >= 0.6 is 11.6 Å². The minimum Gasteiger partial charge on any atom is -0.478 e. The van der Waals surface area contributed by atoms with Gasteiger partial charge in [-0.3, -0.25) is 4.98 Å². The number of pyridine rings is 1. The Morgan fingerprint density at radius 2 is 2.00 bits per heavy atom. The van der Waals surface area contributed by atoms with Crippen molar-refractivity contribution in [3.63, 3.8) is 0 Å². The molecule has 2 N–H and O–H groups in total. The predicted octanol–water partition coefficient (Wildman–Crippen LogP) is 4.31. The standard InChI is InChI=1S/C20H17ClFN3O3/c21-12-1-3-16-14(9-12)19(18(11-23-16)25-5-7-28-8-6-25)24-17-4-2-13(22)10-15(17)20(26)27/h1-4,9-11H,5-8H2,(H,23,24)(H,26,27). The maximum atomic E-state index is 13.6. The second kappa shape index (κ2) is 7.61. The summed E-state index contributed by atoms with van der Waals surface area (Å²) in [5, 5.41) is 13.9. The van der Waals surface area contributed by atoms with Gasteiger partial charge in [0.15, 0.2) is 0 Å². The molecule has 0 unspecified atom stereocenters. The zero-order valence-electron chi connectivity index (χ0n) is 14.8. The third-order valence-corrected chi connectivity index (χ3v) is 4.87. The molecule has 0 bridgehead atoms. The number of anilines is 3. The van der Waals surface area contributed by atoms with Crippen LogP contribution < -0.4 is 10.2 Å². The Labute approximate surface area is 165 Å². The summed E-state index contributed by atoms with van der Waals surface area (Å²) in [6.45, 7) is 2.53. The lowest BCUT2D eigenvalue weighted by Crippen LogP contribution is -2.36. The molecule has 3 aromatic rings. The Morgan fingerprint density at radius 1 is 1.21 bits per heavy atom. The van der Waals surface area contributed by atoms with Gasteiger partial charge in [0.25, 0.3) is 0 Å². The van der Waals surface area contributed by atoms with Crippen molar-refractivity contribution >= 4 is 45.5 Å². The first-order valence-electron chi connectivity index (χ1n) is 8.74. The van der Waals surface area contributed by atoms with Crippen LogP contribution in [-0.4, -0.2) is 42.4 Å². The highest BCUT2D eigenvalue weighted by molar-refractivity contribution is 6.31. The van der Waals surface area contributed by atoms with Crippen molar-refractivity contribution in [2.24, 2.45) is 0 Å². The van der Waals surface area contributed by atoms with Crippen molar-refractivity contribution in [3.05, 3.63) is 59.0 Å². The molecule has 1 fully saturated rings. The fraction of sp³-hybridized carbons (Fsp3) is 0.200. The number of hydrogen-bond acceptors (Lipinski definition) is 5. The van der Waals surface area contributed by atoms with Gasteiger partial charge in [0.05, 0.1) is 47.6 Å². The van der Waals surface area contributed by atoms with Gasteiger partial charge < -0.3 is 20.1 Å². The SMILES string of the molecule is O=C(O)c1cc(F)ccc1Nc1c(N2CCOCC2)cnc2ccc(Cl)cc12. The number of halogens is 2. The normalized spacial score (nSPS) is 14.3. The van der Waals surface area contributed by atoms with E-state index in [4.69, 9.17) is 16.3 Å². The minimum atomic E-state index is -1.22. The predicted molar refractivity (Wildman–Crippen MR) is 106 cm³/mol. The fourth-order valence-corrected chi connectivity index (χ4v) is 3.44. The number of carboxylic acid groups (broad SMARTS) is 1. The number of fused-ring (bicyclic) bond motifs is 1. The summed E-state index contributed by atoms with van der Waals surface area (Å²) in [6.07, 6.45) is 1.74. The van der Waals surface area contributed by atoms with Crippen LogP contribution in [-0.2, 0) is 4.74 Å². The number of ether oxygens (including phenoxy) is 1. The summed E-state index contributed by atoms with van der Waals surface area (Å²) in [5.41, 5.74) is 2.32. The topological polar surface area (TPSA) is 74.7 Å². The summed E-state index contributed by atoms with van der Waals surface area (Å²) in [7, 11) is 0. The van der Waals surface area contributed by atoms with Crippen LogP contribution in [0.2, 0.25) is 5.02 Å². The average molecular weight is 402 g/mol. The maximum Gasteiger partial charge on any atom is 0.337 e. The van der Waals surface area contributed by atoms with E-state index in [-0.39, 0.29) is 11.3 Å². The van der Waals surface area contributed by atoms with Gasteiger partial charge in [0.2, 0.25) is 0 Å². The molecule has 6 nitrogen and oxygen atoms in total. The molecular formula is C20H17ClFN3O3. The first-order chi connectivity index (χ1) is 13.5. The van der Waals surface area contributed by atoms with Gasteiger partial charge in [-0.25, -0.2) is 9.18 Å². The van der Waals surface area contributed by atoms with Crippen molar-refractivity contribution in [2.75, 3.05) is 36.5 Å². The average Bonchev–Trinajstić information content (AvgIpc) is 2.70. The smallest absolute Gasteiger partial charge is 0.337 e. The van der Waals surface area contributed by atoms with E-state index in [1.165, 1.54) is 12.1 Å². The molecule has 1 aromatic heterocycles. The van der Waals surface area contributed by atoms with E-state index >= 15 is 0 Å². The molecule has 28 heavy (non-hydrogen) atoms. The van der Waals surface area contributed by atoms with Gasteiger partial charge in [0, 0.05) is 23.5 Å². The lowest BCUT2D eigenvalue weighted by molar-refractivity contribution is 0.0697. The van der Waals surface area contributed by atoms with Crippen LogP contribution in [0, 0.1) is 5.82 Å². The molecule has 0 radical (unpaired) electrons. The molecule has 0 amide bonds. The van der Waals surface area contributed by atoms with E-state index in [0.29, 0.717) is 42.5 Å². The molecule has 1 aliphatic rings. The number of carbonyl (C=O) groups is 1. The lowest BCUT2D eigenvalue weighted by Gasteiger charge is -2.31. The highest BCUT2D eigenvalue weighted by Crippen LogP contribution is 2.37. The third-order valence-electron chi connectivity index (χ3n) is 4.63. The molecule has 2 aromatic carbocycles. The molecule has 0 aliphatic carbocycles. The van der Waals surface area contributed by atoms with Crippen LogP contribution in [0.3, 0.4) is 0 Å². The lowest BCUT2D eigenvalue weighted by atomic mass is 10.1. The minimum absolute atomic E-state index is 0.153. The van der Waals surface area contributed by atoms with Gasteiger partial charge in [-0.05, 0) is 36.4 Å². The molecule has 0 spiro atoms. The number of morpholine rings is 1. The zero-order valence-corrected chi connectivity index (χ0v) is 15.5. The van der Waals surface area contributed by atoms with Crippen LogP contribution in [0.1, 0.15) is 10.4 Å². The van der Waals surface area contributed by atoms with Crippen molar-refractivity contribution in [3.8, 4) is 0 Å². The molecular weight excluding hydrogens is 385 g/mol. The van der Waals surface area contributed by atoms with E-state index in [1.54, 1.807) is 24.4 Å². The first-order valence-corrected chi connectivity index (χ1v) is 9.11. The summed E-state index contributed by atoms with van der Waals surface area (Å²) in [6, 6.07) is 8.96. The van der Waals surface area contributed by atoms with Crippen molar-refractivity contribution in [1.82, 2.24) is 4.98 Å². The van der Waals surface area contributed by atoms with E-state index in [9.17, 15) is 14.3 Å². The number of aromatic carboxylic acids is 1. The van der Waals surface area contributed by atoms with Crippen LogP contribution in [0.25, 0.3) is 10.9 Å². The number of rotatable bonds is 4. The van der Waals surface area contributed by atoms with Crippen LogP contribution in [0.5, 0.6) is 0 Å². The summed E-state index contributed by atoms with van der Waals surface area (Å²) >= 11 is 6.20. The van der Waals surface area contributed by atoms with Crippen molar-refractivity contribution < 1.29 is 19.0 Å². The molecule has 1 aliphatic heterocycles. The van der Waals surface area contributed by atoms with E-state index < -0.39 is 11.8 Å². The Balaban J connectivity index is 1.88. The fourth-order valence-electron chi connectivity index (χ4n) is 3.27. The second-order valence-electron chi connectivity index (χ2n) is 6.40. The van der Waals surface area contributed by atoms with Gasteiger partial charge in [-0.15, -0.1) is 0 Å². The van der Waals surface area contributed by atoms with E-state index in [2.05, 4.69) is 15.2 Å². The third kappa shape index (κ3) is 3.58. The molecule has 1 saturated heterocycles. The number of carboxylic acids is 1. The second-order valence-corrected chi connectivity index (χ2v) is 6.84. The quantitative estimate of drug-likeness (QED) is 0.678. The molecule has 8 heteroatoms. The van der Waals surface area contributed by atoms with Gasteiger partial charge in [-0.2, -0.15) is 0 Å². The molecule has 2 heterocycles. The molecule has 144 valence electrons. The Morgan fingerprint density at radius 3 is 2.75 bits per heavy atom. The summed E-state index contributed by atoms with van der Waals surface area (Å²) < 4.78 is 19.0. The summed E-state index contributed by atoms with van der Waals surface area (Å²) in [4.78, 5) is 18.2. The van der Waals surface area contributed by atoms with Crippen molar-refractivity contribution in [1.29, 1.82) is 0 Å². The van der Waals surface area contributed by atoms with Gasteiger partial charge >= 0.3 is 5.97 Å². The number of nitrogens with one attached hydrogen (secondary N) is 1. The molecule has 0 atom stereocenters. The van der Waals surface area contributed by atoms with Crippen molar-refractivity contribution in [2.45, 2.75) is 0 Å². The Hall–Kier alpha value is -2.90. The maximum absolute atomic E-state index is 13.6. The van der Waals surface area contributed by atoms with Crippen LogP contribution in [0.15, 0.2) is 42.6 Å². The van der Waals surface area contributed by atoms with Gasteiger partial charge in [0.1, 0.15) is 5.82 Å². The number of nitrogens with zero attached hydrogens (tertiary/aromatic N) is 2. The summed E-state index contributed by atoms with van der Waals surface area (Å²) in [5.74, 6) is -1.83. The van der Waals surface area contributed by atoms with E-state index in [0.717, 1.165) is 17.1 Å². The number of hydrogen-bond donors (Lipinski definition) is 2. The Bertz CT molecular complexity index is 1050. The first kappa shape index (κ1) is 18.5. The van der Waals surface area contributed by atoms with E-state index in [1.807, 2.05) is 0 Å². The number of aromatic nitrogens is 1. The zero-order chi connectivity index (χ0) is 19.7. The number of benzene rings is 2. The molecule has 4 rings (SSSR count). The van der Waals surface area contributed by atoms with Crippen LogP contribution in [0.4, 0.5) is 21.5 Å². The molecule has 0 saturated carbocycles. The largest absolute Gasteiger partial charge is 0.478 e. The van der Waals surface area contributed by atoms with Gasteiger partial charge in [-0.1, -0.05) is 11.6 Å².